The van der Waals surface area contributed by atoms with Crippen molar-refractivity contribution in [3.05, 3.63) is 29.8 Å². The summed E-state index contributed by atoms with van der Waals surface area (Å²) < 4.78 is 5.81. The molecule has 3 heteroatoms. The van der Waals surface area contributed by atoms with E-state index in [4.69, 9.17) is 4.74 Å². The van der Waals surface area contributed by atoms with Crippen LogP contribution in [0.4, 0.5) is 0 Å². The zero-order valence-corrected chi connectivity index (χ0v) is 12.3. The molecule has 1 saturated heterocycles. The highest BCUT2D eigenvalue weighted by Crippen LogP contribution is 2.32. The van der Waals surface area contributed by atoms with Crippen LogP contribution in [0, 0.1) is 5.92 Å². The number of ether oxygens (including phenoxy) is 1. The summed E-state index contributed by atoms with van der Waals surface area (Å²) in [6, 6.07) is 7.98. The molecule has 0 amide bonds. The monoisotopic (exact) mass is 263 g/mol. The van der Waals surface area contributed by atoms with Gasteiger partial charge in [0.1, 0.15) is 5.75 Å². The second-order valence-electron chi connectivity index (χ2n) is 6.00. The summed E-state index contributed by atoms with van der Waals surface area (Å²) >= 11 is 0. The van der Waals surface area contributed by atoms with Crippen LogP contribution in [0.25, 0.3) is 0 Å². The van der Waals surface area contributed by atoms with E-state index in [-0.39, 0.29) is 12.2 Å². The Morgan fingerprint density at radius 1 is 1.21 bits per heavy atom. The van der Waals surface area contributed by atoms with Gasteiger partial charge in [-0.2, -0.15) is 0 Å². The van der Waals surface area contributed by atoms with Crippen LogP contribution in [0.15, 0.2) is 24.3 Å². The van der Waals surface area contributed by atoms with Gasteiger partial charge in [-0.3, -0.25) is 4.90 Å². The molecule has 106 valence electrons. The van der Waals surface area contributed by atoms with E-state index in [9.17, 15) is 5.11 Å². The molecule has 1 aliphatic heterocycles. The second-order valence-corrected chi connectivity index (χ2v) is 6.00. The molecular formula is C16H25NO2. The smallest absolute Gasteiger partial charge is 0.115 e. The fraction of sp³-hybridized carbons (Fsp3) is 0.625. The van der Waals surface area contributed by atoms with Crippen LogP contribution in [-0.4, -0.2) is 35.3 Å². The van der Waals surface area contributed by atoms with Crippen LogP contribution in [-0.2, 0) is 4.74 Å². The third-order valence-electron chi connectivity index (χ3n) is 3.68. The number of aromatic hydroxyl groups is 1. The van der Waals surface area contributed by atoms with Crippen LogP contribution >= 0.6 is 0 Å². The van der Waals surface area contributed by atoms with Gasteiger partial charge >= 0.3 is 0 Å². The lowest BCUT2D eigenvalue weighted by Crippen LogP contribution is -2.48. The van der Waals surface area contributed by atoms with Crippen LogP contribution in [0.2, 0.25) is 0 Å². The van der Waals surface area contributed by atoms with Crippen molar-refractivity contribution in [2.75, 3.05) is 13.1 Å². The summed E-state index contributed by atoms with van der Waals surface area (Å²) in [5.74, 6) is 0.844. The van der Waals surface area contributed by atoms with Gasteiger partial charge in [0.15, 0.2) is 0 Å². The third kappa shape index (κ3) is 3.48. The Balaban J connectivity index is 2.25. The first-order valence-electron chi connectivity index (χ1n) is 7.15. The SMILES string of the molecule is CC1CN(C(c2cccc(O)c2)C(C)C)CC(C)O1. The minimum Gasteiger partial charge on any atom is -0.508 e. The van der Waals surface area contributed by atoms with Crippen molar-refractivity contribution in [2.24, 2.45) is 5.92 Å². The van der Waals surface area contributed by atoms with Crippen molar-refractivity contribution in [2.45, 2.75) is 45.9 Å². The maximum absolute atomic E-state index is 9.70. The molecule has 1 aromatic carbocycles. The fourth-order valence-electron chi connectivity index (χ4n) is 3.17. The van der Waals surface area contributed by atoms with Crippen molar-refractivity contribution < 1.29 is 9.84 Å². The standard InChI is InChI=1S/C16H25NO2/c1-11(2)16(14-6-5-7-15(18)8-14)17-9-12(3)19-13(4)10-17/h5-8,11-13,16,18H,9-10H2,1-4H3. The van der Waals surface area contributed by atoms with Gasteiger partial charge in [-0.25, -0.2) is 0 Å². The molecule has 0 saturated carbocycles. The number of rotatable bonds is 3. The molecule has 1 aromatic rings. The normalized spacial score (nSPS) is 26.6. The van der Waals surface area contributed by atoms with Crippen molar-refractivity contribution in [1.82, 2.24) is 4.90 Å². The lowest BCUT2D eigenvalue weighted by atomic mass is 9.93. The maximum Gasteiger partial charge on any atom is 0.115 e. The van der Waals surface area contributed by atoms with Gasteiger partial charge in [0, 0.05) is 19.1 Å². The van der Waals surface area contributed by atoms with E-state index in [1.165, 1.54) is 5.56 Å². The number of phenolic OH excluding ortho intramolecular Hbond substituents is 1. The number of nitrogens with zero attached hydrogens (tertiary/aromatic N) is 1. The Hall–Kier alpha value is -1.06. The van der Waals surface area contributed by atoms with Crippen molar-refractivity contribution in [1.29, 1.82) is 0 Å². The molecule has 2 rings (SSSR count). The Labute approximate surface area is 116 Å². The van der Waals surface area contributed by atoms with Crippen molar-refractivity contribution in [3.63, 3.8) is 0 Å². The molecule has 1 fully saturated rings. The molecule has 19 heavy (non-hydrogen) atoms. The summed E-state index contributed by atoms with van der Waals surface area (Å²) in [5, 5.41) is 9.70. The highest BCUT2D eigenvalue weighted by Gasteiger charge is 2.30. The molecule has 3 unspecified atom stereocenters. The van der Waals surface area contributed by atoms with Gasteiger partial charge in [-0.05, 0) is 37.5 Å². The maximum atomic E-state index is 9.70. The Bertz CT molecular complexity index is 409. The van der Waals surface area contributed by atoms with Crippen molar-refractivity contribution >= 4 is 0 Å². The molecule has 3 atom stereocenters. The van der Waals surface area contributed by atoms with Gasteiger partial charge in [0.05, 0.1) is 12.2 Å². The quantitative estimate of drug-likeness (QED) is 0.909. The van der Waals surface area contributed by atoms with E-state index in [0.29, 0.717) is 17.7 Å². The zero-order valence-electron chi connectivity index (χ0n) is 12.3. The van der Waals surface area contributed by atoms with E-state index in [1.54, 1.807) is 6.07 Å². The second kappa shape index (κ2) is 5.93. The van der Waals surface area contributed by atoms with Gasteiger partial charge < -0.3 is 9.84 Å². The summed E-state index contributed by atoms with van der Waals surface area (Å²) in [6.07, 6.45) is 0.532. The number of phenols is 1. The molecule has 0 aliphatic carbocycles. The van der Waals surface area contributed by atoms with E-state index in [2.05, 4.69) is 38.7 Å². The van der Waals surface area contributed by atoms with E-state index in [0.717, 1.165) is 13.1 Å². The average molecular weight is 263 g/mol. The predicted octanol–water partition coefficient (Wildman–Crippen LogP) is 3.20. The molecular weight excluding hydrogens is 238 g/mol. The molecule has 1 heterocycles. The van der Waals surface area contributed by atoms with Crippen LogP contribution in [0.5, 0.6) is 5.75 Å². The molecule has 0 spiro atoms. The van der Waals surface area contributed by atoms with E-state index in [1.807, 2.05) is 12.1 Å². The minimum atomic E-state index is 0.266. The number of benzene rings is 1. The fourth-order valence-corrected chi connectivity index (χ4v) is 3.17. The van der Waals surface area contributed by atoms with E-state index < -0.39 is 0 Å². The highest BCUT2D eigenvalue weighted by molar-refractivity contribution is 5.29. The Kier molecular flexibility index (Phi) is 4.48. The highest BCUT2D eigenvalue weighted by atomic mass is 16.5. The van der Waals surface area contributed by atoms with Crippen LogP contribution < -0.4 is 0 Å². The van der Waals surface area contributed by atoms with Crippen molar-refractivity contribution in [3.8, 4) is 5.75 Å². The van der Waals surface area contributed by atoms with Crippen LogP contribution in [0.3, 0.4) is 0 Å². The van der Waals surface area contributed by atoms with Gasteiger partial charge in [0.25, 0.3) is 0 Å². The molecule has 3 nitrogen and oxygen atoms in total. The molecule has 1 aliphatic rings. The number of hydrogen-bond acceptors (Lipinski definition) is 3. The zero-order chi connectivity index (χ0) is 14.0. The minimum absolute atomic E-state index is 0.266. The molecule has 1 N–H and O–H groups in total. The third-order valence-corrected chi connectivity index (χ3v) is 3.68. The molecule has 0 aromatic heterocycles. The largest absolute Gasteiger partial charge is 0.508 e. The lowest BCUT2D eigenvalue weighted by Gasteiger charge is -2.42. The number of morpholine rings is 1. The van der Waals surface area contributed by atoms with Gasteiger partial charge in [-0.1, -0.05) is 26.0 Å². The Morgan fingerprint density at radius 2 is 1.84 bits per heavy atom. The van der Waals surface area contributed by atoms with E-state index >= 15 is 0 Å². The first-order chi connectivity index (χ1) is 8.97. The topological polar surface area (TPSA) is 32.7 Å². The molecule has 0 radical (unpaired) electrons. The summed E-state index contributed by atoms with van der Waals surface area (Å²) in [4.78, 5) is 2.48. The van der Waals surface area contributed by atoms with Crippen LogP contribution in [0.1, 0.15) is 39.3 Å². The Morgan fingerprint density at radius 3 is 2.37 bits per heavy atom. The number of hydrogen-bond donors (Lipinski definition) is 1. The molecule has 0 bridgehead atoms. The first kappa shape index (κ1) is 14.4. The van der Waals surface area contributed by atoms with Gasteiger partial charge in [0.2, 0.25) is 0 Å². The predicted molar refractivity (Wildman–Crippen MR) is 77.3 cm³/mol. The lowest BCUT2D eigenvalue weighted by molar-refractivity contribution is -0.0862. The first-order valence-corrected chi connectivity index (χ1v) is 7.15. The average Bonchev–Trinajstić information content (AvgIpc) is 2.27. The summed E-state index contributed by atoms with van der Waals surface area (Å²) in [6.45, 7) is 10.6. The summed E-state index contributed by atoms with van der Waals surface area (Å²) in [7, 11) is 0. The van der Waals surface area contributed by atoms with Gasteiger partial charge in [-0.15, -0.1) is 0 Å². The summed E-state index contributed by atoms with van der Waals surface area (Å²) in [5.41, 5.74) is 1.19.